The SMILES string of the molecule is COCC1(C(=O)Nc2cccc(OCC3CCCO3)c2)CCNCC1.Cl. The number of amides is 1. The van der Waals surface area contributed by atoms with E-state index >= 15 is 0 Å². The van der Waals surface area contributed by atoms with E-state index in [4.69, 9.17) is 14.2 Å². The Bertz CT molecular complexity index is 567. The molecule has 2 heterocycles. The number of piperidine rings is 1. The molecule has 0 aliphatic carbocycles. The molecule has 2 aliphatic rings. The third-order valence-corrected chi connectivity index (χ3v) is 5.01. The van der Waals surface area contributed by atoms with Gasteiger partial charge in [-0.25, -0.2) is 0 Å². The number of rotatable bonds is 7. The fraction of sp³-hybridized carbons (Fsp3) is 0.632. The number of anilines is 1. The van der Waals surface area contributed by atoms with Gasteiger partial charge in [-0.05, 0) is 50.9 Å². The van der Waals surface area contributed by atoms with Crippen molar-refractivity contribution in [2.24, 2.45) is 5.41 Å². The predicted octanol–water partition coefficient (Wildman–Crippen LogP) is 2.62. The molecule has 0 bridgehead atoms. The number of methoxy groups -OCH3 is 1. The van der Waals surface area contributed by atoms with E-state index in [-0.39, 0.29) is 24.4 Å². The molecule has 146 valence electrons. The predicted molar refractivity (Wildman–Crippen MR) is 103 cm³/mol. The van der Waals surface area contributed by atoms with Crippen LogP contribution in [0.2, 0.25) is 0 Å². The standard InChI is InChI=1S/C19H28N2O4.ClH/c1-23-14-19(7-9-20-10-8-19)18(22)21-15-4-2-5-16(12-15)25-13-17-6-3-11-24-17;/h2,4-5,12,17,20H,3,6-11,13-14H2,1H3,(H,21,22);1H. The molecule has 2 N–H and O–H groups in total. The molecule has 0 aromatic heterocycles. The van der Waals surface area contributed by atoms with E-state index in [2.05, 4.69) is 10.6 Å². The summed E-state index contributed by atoms with van der Waals surface area (Å²) >= 11 is 0. The lowest BCUT2D eigenvalue weighted by atomic mass is 9.78. The first-order chi connectivity index (χ1) is 12.2. The second-order valence-electron chi connectivity index (χ2n) is 6.89. The van der Waals surface area contributed by atoms with Crippen LogP contribution >= 0.6 is 12.4 Å². The van der Waals surface area contributed by atoms with Crippen LogP contribution in [0.3, 0.4) is 0 Å². The van der Waals surface area contributed by atoms with Crippen LogP contribution in [-0.2, 0) is 14.3 Å². The monoisotopic (exact) mass is 384 g/mol. The van der Waals surface area contributed by atoms with Gasteiger partial charge >= 0.3 is 0 Å². The van der Waals surface area contributed by atoms with Crippen LogP contribution in [-0.4, -0.2) is 52.0 Å². The first kappa shape index (κ1) is 21.0. The van der Waals surface area contributed by atoms with Crippen molar-refractivity contribution in [3.8, 4) is 5.75 Å². The number of carbonyl (C=O) groups is 1. The lowest BCUT2D eigenvalue weighted by Crippen LogP contribution is -2.47. The first-order valence-corrected chi connectivity index (χ1v) is 9.07. The number of carbonyl (C=O) groups excluding carboxylic acids is 1. The Hall–Kier alpha value is -1.34. The van der Waals surface area contributed by atoms with Gasteiger partial charge < -0.3 is 24.8 Å². The molecule has 0 spiro atoms. The summed E-state index contributed by atoms with van der Waals surface area (Å²) in [6.45, 7) is 3.48. The molecule has 26 heavy (non-hydrogen) atoms. The number of benzene rings is 1. The Balaban J connectivity index is 0.00000243. The highest BCUT2D eigenvalue weighted by Crippen LogP contribution is 2.31. The minimum atomic E-state index is -0.464. The summed E-state index contributed by atoms with van der Waals surface area (Å²) in [5, 5.41) is 6.35. The van der Waals surface area contributed by atoms with Crippen molar-refractivity contribution < 1.29 is 19.0 Å². The maximum absolute atomic E-state index is 12.9. The maximum atomic E-state index is 12.9. The second kappa shape index (κ2) is 10.1. The molecule has 7 heteroatoms. The molecule has 1 aromatic carbocycles. The highest BCUT2D eigenvalue weighted by atomic mass is 35.5. The quantitative estimate of drug-likeness (QED) is 0.756. The van der Waals surface area contributed by atoms with Gasteiger partial charge in [0, 0.05) is 25.5 Å². The Morgan fingerprint density at radius 3 is 2.88 bits per heavy atom. The zero-order valence-corrected chi connectivity index (χ0v) is 16.1. The lowest BCUT2D eigenvalue weighted by molar-refractivity contribution is -0.130. The fourth-order valence-electron chi connectivity index (χ4n) is 3.51. The topological polar surface area (TPSA) is 68.8 Å². The van der Waals surface area contributed by atoms with Crippen LogP contribution in [0.5, 0.6) is 5.75 Å². The van der Waals surface area contributed by atoms with Crippen LogP contribution in [0.25, 0.3) is 0 Å². The minimum Gasteiger partial charge on any atom is -0.491 e. The van der Waals surface area contributed by atoms with E-state index in [0.717, 1.165) is 56.8 Å². The lowest BCUT2D eigenvalue weighted by Gasteiger charge is -2.35. The highest BCUT2D eigenvalue weighted by molar-refractivity contribution is 5.95. The van der Waals surface area contributed by atoms with Crippen molar-refractivity contribution >= 4 is 24.0 Å². The van der Waals surface area contributed by atoms with Gasteiger partial charge in [-0.2, -0.15) is 0 Å². The molecule has 2 saturated heterocycles. The van der Waals surface area contributed by atoms with Crippen molar-refractivity contribution in [3.63, 3.8) is 0 Å². The van der Waals surface area contributed by atoms with Crippen molar-refractivity contribution in [2.45, 2.75) is 31.8 Å². The normalized spacial score (nSPS) is 21.7. The molecule has 2 fully saturated rings. The van der Waals surface area contributed by atoms with Crippen LogP contribution in [0.15, 0.2) is 24.3 Å². The van der Waals surface area contributed by atoms with Gasteiger partial charge in [-0.15, -0.1) is 12.4 Å². The molecule has 0 radical (unpaired) electrons. The van der Waals surface area contributed by atoms with Crippen LogP contribution in [0.4, 0.5) is 5.69 Å². The molecule has 3 rings (SSSR count). The average molecular weight is 385 g/mol. The van der Waals surface area contributed by atoms with Gasteiger partial charge in [-0.3, -0.25) is 4.79 Å². The number of nitrogens with one attached hydrogen (secondary N) is 2. The van der Waals surface area contributed by atoms with E-state index < -0.39 is 5.41 Å². The third kappa shape index (κ3) is 5.33. The van der Waals surface area contributed by atoms with Gasteiger partial charge in [0.05, 0.1) is 18.1 Å². The summed E-state index contributed by atoms with van der Waals surface area (Å²) in [5.41, 5.74) is 0.290. The summed E-state index contributed by atoms with van der Waals surface area (Å²) in [7, 11) is 1.65. The van der Waals surface area contributed by atoms with Gasteiger partial charge in [-0.1, -0.05) is 6.07 Å². The van der Waals surface area contributed by atoms with Crippen molar-refractivity contribution in [1.29, 1.82) is 0 Å². The molecule has 6 nitrogen and oxygen atoms in total. The summed E-state index contributed by atoms with van der Waals surface area (Å²) in [5.74, 6) is 0.770. The second-order valence-corrected chi connectivity index (χ2v) is 6.89. The minimum absolute atomic E-state index is 0. The summed E-state index contributed by atoms with van der Waals surface area (Å²) in [6.07, 6.45) is 3.88. The molecular formula is C19H29ClN2O4. The third-order valence-electron chi connectivity index (χ3n) is 5.01. The van der Waals surface area contributed by atoms with Gasteiger partial charge in [0.25, 0.3) is 0 Å². The molecule has 0 saturated carbocycles. The summed E-state index contributed by atoms with van der Waals surface area (Å²) in [4.78, 5) is 12.9. The zero-order valence-electron chi connectivity index (χ0n) is 15.3. The van der Waals surface area contributed by atoms with Crippen molar-refractivity contribution in [1.82, 2.24) is 5.32 Å². The van der Waals surface area contributed by atoms with Crippen LogP contribution < -0.4 is 15.4 Å². The number of hydrogen-bond donors (Lipinski definition) is 2. The zero-order chi connectivity index (χ0) is 17.5. The Morgan fingerprint density at radius 2 is 2.19 bits per heavy atom. The fourth-order valence-corrected chi connectivity index (χ4v) is 3.51. The van der Waals surface area contributed by atoms with Crippen LogP contribution in [0.1, 0.15) is 25.7 Å². The number of hydrogen-bond acceptors (Lipinski definition) is 5. The largest absolute Gasteiger partial charge is 0.491 e. The molecule has 1 unspecified atom stereocenters. The Labute approximate surface area is 161 Å². The van der Waals surface area contributed by atoms with E-state index in [9.17, 15) is 4.79 Å². The number of halogens is 1. The van der Waals surface area contributed by atoms with Gasteiger partial charge in [0.1, 0.15) is 12.4 Å². The van der Waals surface area contributed by atoms with E-state index in [0.29, 0.717) is 13.2 Å². The van der Waals surface area contributed by atoms with E-state index in [1.165, 1.54) is 0 Å². The molecule has 1 atom stereocenters. The number of ether oxygens (including phenoxy) is 3. The Morgan fingerprint density at radius 1 is 1.38 bits per heavy atom. The van der Waals surface area contributed by atoms with Crippen LogP contribution in [0, 0.1) is 5.41 Å². The molecular weight excluding hydrogens is 356 g/mol. The molecule has 1 amide bonds. The maximum Gasteiger partial charge on any atom is 0.233 e. The highest BCUT2D eigenvalue weighted by Gasteiger charge is 2.39. The molecule has 2 aliphatic heterocycles. The smallest absolute Gasteiger partial charge is 0.233 e. The summed E-state index contributed by atoms with van der Waals surface area (Å²) in [6, 6.07) is 7.55. The van der Waals surface area contributed by atoms with Gasteiger partial charge in [0.15, 0.2) is 0 Å². The average Bonchev–Trinajstić information content (AvgIpc) is 3.15. The van der Waals surface area contributed by atoms with Crippen molar-refractivity contribution in [2.75, 3.05) is 45.3 Å². The summed E-state index contributed by atoms with van der Waals surface area (Å²) < 4.78 is 16.7. The first-order valence-electron chi connectivity index (χ1n) is 9.07. The molecule has 1 aromatic rings. The van der Waals surface area contributed by atoms with Crippen molar-refractivity contribution in [3.05, 3.63) is 24.3 Å². The van der Waals surface area contributed by atoms with E-state index in [1.54, 1.807) is 7.11 Å². The van der Waals surface area contributed by atoms with E-state index in [1.807, 2.05) is 24.3 Å². The van der Waals surface area contributed by atoms with Gasteiger partial charge in [0.2, 0.25) is 5.91 Å². The Kier molecular flexibility index (Phi) is 8.15.